The van der Waals surface area contributed by atoms with Crippen molar-refractivity contribution in [2.24, 2.45) is 0 Å². The van der Waals surface area contributed by atoms with Crippen molar-refractivity contribution in [1.82, 2.24) is 0 Å². The Morgan fingerprint density at radius 1 is 2.00 bits per heavy atom. The van der Waals surface area contributed by atoms with Crippen molar-refractivity contribution in [3.05, 3.63) is 0 Å². The van der Waals surface area contributed by atoms with Gasteiger partial charge in [-0.15, -0.1) is 0 Å². The second-order valence-electron chi connectivity index (χ2n) is 0.708. The number of rotatable bonds is 1. The zero-order valence-corrected chi connectivity index (χ0v) is 5.38. The first-order valence-electron chi connectivity index (χ1n) is 1.58. The summed E-state index contributed by atoms with van der Waals surface area (Å²) in [5, 5.41) is -0.338. The fourth-order valence-corrected chi connectivity index (χ4v) is 0.444. The summed E-state index contributed by atoms with van der Waals surface area (Å²) >= 11 is 6.02. The number of thioether (sulfide) groups is 1. The van der Waals surface area contributed by atoms with Crippen LogP contribution in [0.15, 0.2) is 0 Å². The minimum absolute atomic E-state index is 0.0559. The van der Waals surface area contributed by atoms with Crippen molar-refractivity contribution < 1.29 is 9.53 Å². The van der Waals surface area contributed by atoms with Crippen molar-refractivity contribution in [3.8, 4) is 0 Å². The van der Waals surface area contributed by atoms with Crippen LogP contribution < -0.4 is 0 Å². The summed E-state index contributed by atoms with van der Waals surface area (Å²) in [6.07, 6.45) is 1.63. The Labute approximate surface area is 51.2 Å². The minimum atomic E-state index is -0.338. The third-order valence-electron chi connectivity index (χ3n) is 0.339. The smallest absolute Gasteiger partial charge is 0.368 e. The Kier molecular flexibility index (Phi) is 4.34. The van der Waals surface area contributed by atoms with Crippen molar-refractivity contribution in [2.75, 3.05) is 12.3 Å². The lowest BCUT2D eigenvalue weighted by Gasteiger charge is -1.91. The molecule has 0 aromatic carbocycles. The van der Waals surface area contributed by atoms with Gasteiger partial charge >= 0.3 is 5.30 Å². The number of halogens is 1. The molecule has 0 amide bonds. The van der Waals surface area contributed by atoms with Crippen LogP contribution in [0.2, 0.25) is 0 Å². The zero-order chi connectivity index (χ0) is 5.70. The molecule has 0 atom stereocenters. The van der Waals surface area contributed by atoms with Gasteiger partial charge in [-0.2, -0.15) is 0 Å². The van der Waals surface area contributed by atoms with Crippen molar-refractivity contribution in [1.29, 1.82) is 0 Å². The van der Waals surface area contributed by atoms with Gasteiger partial charge in [0.2, 0.25) is 0 Å². The third-order valence-corrected chi connectivity index (χ3v) is 0.899. The average molecular weight is 141 g/mol. The van der Waals surface area contributed by atoms with Crippen LogP contribution in [0, 0.1) is 0 Å². The van der Waals surface area contributed by atoms with Crippen LogP contribution in [0.25, 0.3) is 0 Å². The van der Waals surface area contributed by atoms with E-state index in [9.17, 15) is 4.79 Å². The van der Waals surface area contributed by atoms with E-state index in [1.54, 1.807) is 6.26 Å². The van der Waals surface area contributed by atoms with Crippen molar-refractivity contribution >= 4 is 28.7 Å². The molecule has 0 aromatic rings. The fourth-order valence-electron chi connectivity index (χ4n) is 0.103. The highest BCUT2D eigenvalue weighted by Gasteiger charge is 1.93. The molecule has 42 valence electrons. The number of hydrogen-bond donors (Lipinski definition) is 0. The zero-order valence-electron chi connectivity index (χ0n) is 3.81. The van der Waals surface area contributed by atoms with E-state index in [4.69, 9.17) is 11.6 Å². The summed E-state index contributed by atoms with van der Waals surface area (Å²) in [5.41, 5.74) is 0. The van der Waals surface area contributed by atoms with Crippen LogP contribution in [0.5, 0.6) is 0 Å². The van der Waals surface area contributed by atoms with E-state index >= 15 is 0 Å². The van der Waals surface area contributed by atoms with E-state index in [2.05, 4.69) is 4.74 Å². The number of carbonyl (C=O) groups is 1. The van der Waals surface area contributed by atoms with Gasteiger partial charge in [-0.1, -0.05) is 11.6 Å². The summed E-state index contributed by atoms with van der Waals surface area (Å²) in [6, 6.07) is -0.0559. The Morgan fingerprint density at radius 2 is 2.57 bits per heavy atom. The molecule has 0 aliphatic heterocycles. The van der Waals surface area contributed by atoms with E-state index in [0.29, 0.717) is 0 Å². The van der Waals surface area contributed by atoms with Gasteiger partial charge in [-0.05, 0) is 18.0 Å². The third kappa shape index (κ3) is 3.95. The SMILES string of the molecule is CSC(=O)OCCl. The van der Waals surface area contributed by atoms with Crippen molar-refractivity contribution in [3.63, 3.8) is 0 Å². The Morgan fingerprint density at radius 3 is 2.71 bits per heavy atom. The lowest BCUT2D eigenvalue weighted by molar-refractivity contribution is 0.194. The molecular weight excluding hydrogens is 136 g/mol. The first kappa shape index (κ1) is 7.11. The molecule has 0 unspecified atom stereocenters. The largest absolute Gasteiger partial charge is 0.441 e. The summed E-state index contributed by atoms with van der Waals surface area (Å²) < 4.78 is 4.28. The van der Waals surface area contributed by atoms with Crippen LogP contribution in [0.3, 0.4) is 0 Å². The lowest BCUT2D eigenvalue weighted by Crippen LogP contribution is -1.91. The van der Waals surface area contributed by atoms with Crippen molar-refractivity contribution in [2.45, 2.75) is 0 Å². The highest BCUT2D eigenvalue weighted by Crippen LogP contribution is 1.97. The van der Waals surface area contributed by atoms with Crippen LogP contribution in [-0.4, -0.2) is 17.6 Å². The molecule has 0 saturated heterocycles. The maximum Gasteiger partial charge on any atom is 0.368 e. The van der Waals surface area contributed by atoms with Gasteiger partial charge in [0.1, 0.15) is 0 Å². The molecule has 4 heteroatoms. The van der Waals surface area contributed by atoms with Gasteiger partial charge < -0.3 is 4.74 Å². The number of ether oxygens (including phenoxy) is 1. The number of carbonyl (C=O) groups excluding carboxylic acids is 1. The highest BCUT2D eigenvalue weighted by atomic mass is 35.5. The number of hydrogen-bond acceptors (Lipinski definition) is 3. The molecule has 0 N–H and O–H groups in total. The molecule has 0 heterocycles. The monoisotopic (exact) mass is 140 g/mol. The Bertz CT molecular complexity index is 66.0. The van der Waals surface area contributed by atoms with E-state index in [0.717, 1.165) is 11.8 Å². The fraction of sp³-hybridized carbons (Fsp3) is 0.667. The summed E-state index contributed by atoms with van der Waals surface area (Å²) in [4.78, 5) is 10.1. The van der Waals surface area contributed by atoms with Gasteiger partial charge in [0.25, 0.3) is 0 Å². The second-order valence-corrected chi connectivity index (χ2v) is 1.67. The maximum atomic E-state index is 10.1. The van der Waals surface area contributed by atoms with Crippen LogP contribution in [0.4, 0.5) is 4.79 Å². The Balaban J connectivity index is 3.00. The van der Waals surface area contributed by atoms with Crippen LogP contribution in [0.1, 0.15) is 0 Å². The number of alkyl halides is 1. The van der Waals surface area contributed by atoms with Gasteiger partial charge in [0.15, 0.2) is 6.07 Å². The molecule has 0 fully saturated rings. The summed E-state index contributed by atoms with van der Waals surface area (Å²) in [5.74, 6) is 0. The van der Waals surface area contributed by atoms with Gasteiger partial charge in [0.05, 0.1) is 0 Å². The van der Waals surface area contributed by atoms with E-state index in [-0.39, 0.29) is 11.4 Å². The topological polar surface area (TPSA) is 26.3 Å². The molecular formula is C3H5ClO2S. The molecule has 0 radical (unpaired) electrons. The first-order valence-corrected chi connectivity index (χ1v) is 3.34. The lowest BCUT2D eigenvalue weighted by atomic mass is 11.5. The van der Waals surface area contributed by atoms with E-state index in [1.165, 1.54) is 0 Å². The maximum absolute atomic E-state index is 10.1. The predicted molar refractivity (Wildman–Crippen MR) is 30.7 cm³/mol. The quantitative estimate of drug-likeness (QED) is 0.410. The standard InChI is InChI=1S/C3H5ClO2S/c1-7-3(5)6-2-4/h2H2,1H3. The second kappa shape index (κ2) is 4.27. The molecule has 7 heavy (non-hydrogen) atoms. The molecule has 0 rings (SSSR count). The average Bonchev–Trinajstić information content (AvgIpc) is 1.68. The van der Waals surface area contributed by atoms with E-state index < -0.39 is 0 Å². The van der Waals surface area contributed by atoms with Gasteiger partial charge in [-0.25, -0.2) is 4.79 Å². The summed E-state index contributed by atoms with van der Waals surface area (Å²) in [6.45, 7) is 0. The minimum Gasteiger partial charge on any atom is -0.441 e. The highest BCUT2D eigenvalue weighted by molar-refractivity contribution is 8.12. The molecule has 0 saturated carbocycles. The Hall–Kier alpha value is 0.110. The van der Waals surface area contributed by atoms with Crippen LogP contribution in [-0.2, 0) is 4.74 Å². The molecule has 0 aliphatic carbocycles. The van der Waals surface area contributed by atoms with E-state index in [1.807, 2.05) is 0 Å². The molecule has 0 aliphatic rings. The van der Waals surface area contributed by atoms with Gasteiger partial charge in [0, 0.05) is 0 Å². The van der Waals surface area contributed by atoms with Gasteiger partial charge in [-0.3, -0.25) is 0 Å². The molecule has 0 bridgehead atoms. The predicted octanol–water partition coefficient (Wildman–Crippen LogP) is 1.68. The summed E-state index contributed by atoms with van der Waals surface area (Å²) in [7, 11) is 0. The molecule has 2 nitrogen and oxygen atoms in total. The molecule has 0 aromatic heterocycles. The van der Waals surface area contributed by atoms with Crippen LogP contribution >= 0.6 is 23.4 Å². The first-order chi connectivity index (χ1) is 3.31. The normalized spacial score (nSPS) is 8.29. The molecule has 0 spiro atoms.